The topological polar surface area (TPSA) is 144 Å². The molecule has 0 bridgehead atoms. The molecule has 5 aromatic carbocycles. The standard InChI is InChI=1S/C43H42N6O4/c1-2-3-23-40(51)48(38(42(52)53)28-29-39(44)50)30-31-24-26-32(27-25-31)36-21-13-14-22-37(36)41-45-46-47-49(41)43(33-15-7-4-8-16-33,34-17-9-5-10-18-34)35-19-11-6-12-20-35/h4-22,24-27,38H,2-3,23,28-30H2,1H3,(H2,44,50)(H,52,53)/t38-/m0/s1. The number of aromatic nitrogens is 4. The van der Waals surface area contributed by atoms with Crippen LogP contribution in [0.4, 0.5) is 0 Å². The molecule has 0 saturated carbocycles. The summed E-state index contributed by atoms with van der Waals surface area (Å²) in [5.74, 6) is -1.49. The Morgan fingerprint density at radius 1 is 0.736 bits per heavy atom. The molecule has 0 saturated heterocycles. The zero-order valence-electron chi connectivity index (χ0n) is 29.6. The second kappa shape index (κ2) is 16.7. The van der Waals surface area contributed by atoms with Crippen molar-refractivity contribution < 1.29 is 19.5 Å². The van der Waals surface area contributed by atoms with E-state index in [1.807, 2.05) is 115 Å². The van der Waals surface area contributed by atoms with E-state index in [1.165, 1.54) is 4.90 Å². The normalized spacial score (nSPS) is 11.9. The number of carbonyl (C=O) groups excluding carboxylic acids is 2. The van der Waals surface area contributed by atoms with Gasteiger partial charge in [-0.1, -0.05) is 153 Å². The minimum absolute atomic E-state index is 0.0564. The number of hydrogen-bond donors (Lipinski definition) is 2. The predicted molar refractivity (Wildman–Crippen MR) is 203 cm³/mol. The lowest BCUT2D eigenvalue weighted by Crippen LogP contribution is -2.45. The van der Waals surface area contributed by atoms with Crippen LogP contribution in [0.1, 0.15) is 61.3 Å². The van der Waals surface area contributed by atoms with E-state index in [2.05, 4.69) is 46.7 Å². The largest absolute Gasteiger partial charge is 0.480 e. The first-order valence-electron chi connectivity index (χ1n) is 17.8. The van der Waals surface area contributed by atoms with E-state index in [0.29, 0.717) is 12.2 Å². The maximum atomic E-state index is 13.3. The van der Waals surface area contributed by atoms with Crippen LogP contribution in [0.2, 0.25) is 0 Å². The lowest BCUT2D eigenvalue weighted by molar-refractivity contribution is -0.151. The van der Waals surface area contributed by atoms with Crippen molar-refractivity contribution in [1.29, 1.82) is 0 Å². The third kappa shape index (κ3) is 7.77. The first-order chi connectivity index (χ1) is 25.8. The maximum absolute atomic E-state index is 13.3. The lowest BCUT2D eigenvalue weighted by atomic mass is 9.77. The highest BCUT2D eigenvalue weighted by atomic mass is 16.4. The van der Waals surface area contributed by atoms with Gasteiger partial charge in [0.2, 0.25) is 11.8 Å². The van der Waals surface area contributed by atoms with Crippen LogP contribution in [0.3, 0.4) is 0 Å². The Morgan fingerprint density at radius 3 is 1.77 bits per heavy atom. The summed E-state index contributed by atoms with van der Waals surface area (Å²) in [5, 5.41) is 23.7. The Bertz CT molecular complexity index is 2040. The van der Waals surface area contributed by atoms with E-state index < -0.39 is 23.5 Å². The van der Waals surface area contributed by atoms with E-state index in [-0.39, 0.29) is 31.7 Å². The van der Waals surface area contributed by atoms with Gasteiger partial charge in [-0.25, -0.2) is 9.48 Å². The highest BCUT2D eigenvalue weighted by Gasteiger charge is 2.42. The highest BCUT2D eigenvalue weighted by Crippen LogP contribution is 2.43. The molecule has 6 aromatic rings. The molecule has 0 unspecified atom stereocenters. The average Bonchev–Trinajstić information content (AvgIpc) is 3.68. The van der Waals surface area contributed by atoms with Gasteiger partial charge in [0.15, 0.2) is 5.82 Å². The van der Waals surface area contributed by atoms with Crippen molar-refractivity contribution in [2.24, 2.45) is 5.73 Å². The van der Waals surface area contributed by atoms with Crippen molar-refractivity contribution >= 4 is 17.8 Å². The zero-order valence-corrected chi connectivity index (χ0v) is 29.6. The van der Waals surface area contributed by atoms with Crippen LogP contribution in [0.15, 0.2) is 140 Å². The van der Waals surface area contributed by atoms with Gasteiger partial charge in [-0.05, 0) is 56.6 Å². The summed E-state index contributed by atoms with van der Waals surface area (Å²) >= 11 is 0. The van der Waals surface area contributed by atoms with E-state index >= 15 is 0 Å². The number of unbranched alkanes of at least 4 members (excludes halogenated alkanes) is 1. The Balaban J connectivity index is 1.42. The van der Waals surface area contributed by atoms with Gasteiger partial charge in [-0.15, -0.1) is 5.10 Å². The molecule has 1 heterocycles. The van der Waals surface area contributed by atoms with Crippen molar-refractivity contribution in [3.63, 3.8) is 0 Å². The van der Waals surface area contributed by atoms with Crippen LogP contribution in [0, 0.1) is 0 Å². The number of primary amides is 1. The van der Waals surface area contributed by atoms with Crippen molar-refractivity contribution in [2.75, 3.05) is 0 Å². The summed E-state index contributed by atoms with van der Waals surface area (Å²) in [6, 6.07) is 45.1. The molecule has 0 spiro atoms. The Kier molecular flexibility index (Phi) is 11.5. The first kappa shape index (κ1) is 36.4. The molecule has 0 aliphatic carbocycles. The molecule has 0 aliphatic rings. The number of carbonyl (C=O) groups is 3. The van der Waals surface area contributed by atoms with Crippen LogP contribution in [-0.2, 0) is 26.5 Å². The Morgan fingerprint density at radius 2 is 1.26 bits per heavy atom. The average molecular weight is 707 g/mol. The number of benzene rings is 5. The van der Waals surface area contributed by atoms with Gasteiger partial charge < -0.3 is 15.7 Å². The molecule has 268 valence electrons. The zero-order chi connectivity index (χ0) is 37.2. The third-order valence-electron chi connectivity index (χ3n) is 9.54. The second-order valence-electron chi connectivity index (χ2n) is 12.9. The number of aliphatic carboxylic acids is 1. The number of nitrogens with zero attached hydrogens (tertiary/aromatic N) is 5. The van der Waals surface area contributed by atoms with Crippen LogP contribution < -0.4 is 5.73 Å². The number of amides is 2. The smallest absolute Gasteiger partial charge is 0.326 e. The van der Waals surface area contributed by atoms with Crippen LogP contribution in [0.5, 0.6) is 0 Å². The molecule has 0 fully saturated rings. The number of carboxylic acids is 1. The van der Waals surface area contributed by atoms with Crippen LogP contribution >= 0.6 is 0 Å². The SMILES string of the molecule is CCCCC(=O)N(Cc1ccc(-c2ccccc2-c2nnnn2C(c2ccccc2)(c2ccccc2)c2ccccc2)cc1)[C@@H](CCC(N)=O)C(=O)O. The predicted octanol–water partition coefficient (Wildman–Crippen LogP) is 7.08. The Hall–Kier alpha value is -6.42. The van der Waals surface area contributed by atoms with Crippen molar-refractivity contribution in [3.8, 4) is 22.5 Å². The van der Waals surface area contributed by atoms with Gasteiger partial charge in [0.05, 0.1) is 0 Å². The molecular formula is C43H42N6O4. The number of tetrazole rings is 1. The minimum Gasteiger partial charge on any atom is -0.480 e. The monoisotopic (exact) mass is 706 g/mol. The quantitative estimate of drug-likeness (QED) is 0.102. The first-order valence-corrected chi connectivity index (χ1v) is 17.8. The van der Waals surface area contributed by atoms with Crippen molar-refractivity contribution in [2.45, 2.75) is 57.2 Å². The third-order valence-corrected chi connectivity index (χ3v) is 9.54. The Labute approximate surface area is 308 Å². The molecule has 2 amide bonds. The summed E-state index contributed by atoms with van der Waals surface area (Å²) in [6.45, 7) is 2.05. The fourth-order valence-corrected chi connectivity index (χ4v) is 6.94. The summed E-state index contributed by atoms with van der Waals surface area (Å²) < 4.78 is 1.90. The van der Waals surface area contributed by atoms with Gasteiger partial charge >= 0.3 is 5.97 Å². The molecule has 1 aromatic heterocycles. The summed E-state index contributed by atoms with van der Waals surface area (Å²) in [4.78, 5) is 38.5. The summed E-state index contributed by atoms with van der Waals surface area (Å²) in [5.41, 5.74) is 10.7. The van der Waals surface area contributed by atoms with E-state index in [1.54, 1.807) is 0 Å². The fraction of sp³-hybridized carbons (Fsp3) is 0.209. The second-order valence-corrected chi connectivity index (χ2v) is 12.9. The molecule has 3 N–H and O–H groups in total. The summed E-state index contributed by atoms with van der Waals surface area (Å²) in [6.07, 6.45) is 1.45. The van der Waals surface area contributed by atoms with Crippen LogP contribution in [-0.4, -0.2) is 54.0 Å². The fourth-order valence-electron chi connectivity index (χ4n) is 6.94. The van der Waals surface area contributed by atoms with Gasteiger partial charge in [0, 0.05) is 24.9 Å². The van der Waals surface area contributed by atoms with E-state index in [0.717, 1.165) is 45.4 Å². The van der Waals surface area contributed by atoms with Gasteiger partial charge in [-0.3, -0.25) is 9.59 Å². The summed E-state index contributed by atoms with van der Waals surface area (Å²) in [7, 11) is 0. The van der Waals surface area contributed by atoms with Crippen molar-refractivity contribution in [3.05, 3.63) is 162 Å². The molecule has 6 rings (SSSR count). The molecule has 53 heavy (non-hydrogen) atoms. The highest BCUT2D eigenvalue weighted by molar-refractivity contribution is 5.85. The molecular weight excluding hydrogens is 665 g/mol. The van der Waals surface area contributed by atoms with Crippen molar-refractivity contribution in [1.82, 2.24) is 25.1 Å². The molecule has 10 nitrogen and oxygen atoms in total. The number of rotatable bonds is 16. The van der Waals surface area contributed by atoms with Gasteiger partial charge in [0.25, 0.3) is 0 Å². The number of hydrogen-bond acceptors (Lipinski definition) is 6. The molecule has 0 aliphatic heterocycles. The van der Waals surface area contributed by atoms with E-state index in [9.17, 15) is 19.5 Å². The minimum atomic E-state index is -1.18. The van der Waals surface area contributed by atoms with Gasteiger partial charge in [-0.2, -0.15) is 0 Å². The number of nitrogens with two attached hydrogens (primary N) is 1. The molecule has 10 heteroatoms. The molecule has 0 radical (unpaired) electrons. The maximum Gasteiger partial charge on any atom is 0.326 e. The lowest BCUT2D eigenvalue weighted by Gasteiger charge is -2.36. The van der Waals surface area contributed by atoms with Crippen LogP contribution in [0.25, 0.3) is 22.5 Å². The van der Waals surface area contributed by atoms with E-state index in [4.69, 9.17) is 10.9 Å². The number of carboxylic acid groups (broad SMARTS) is 1. The molecule has 1 atom stereocenters. The van der Waals surface area contributed by atoms with Gasteiger partial charge in [0.1, 0.15) is 11.6 Å².